The van der Waals surface area contributed by atoms with Crippen molar-refractivity contribution in [3.8, 4) is 0 Å². The number of aliphatic hydroxyl groups excluding tert-OH is 2. The van der Waals surface area contributed by atoms with Crippen LogP contribution >= 0.6 is 0 Å². The standard InChI is InChI=1S/C18H28O6/c1-11(2)15(21)24-18-7-14-5-16(9-18,22-12(3)19)8-17(6-14,10-18)23-13(4)20/h12-14,19-20H,1,5-10H2,2-4H3. The normalized spacial score (nSPS) is 42.6. The van der Waals surface area contributed by atoms with E-state index in [0.29, 0.717) is 24.8 Å². The van der Waals surface area contributed by atoms with Crippen molar-refractivity contribution in [2.24, 2.45) is 5.92 Å². The molecule has 4 rings (SSSR count). The summed E-state index contributed by atoms with van der Waals surface area (Å²) in [7, 11) is 0. The Hall–Kier alpha value is -0.950. The summed E-state index contributed by atoms with van der Waals surface area (Å²) in [6.07, 6.45) is 2.28. The molecule has 0 saturated heterocycles. The van der Waals surface area contributed by atoms with Gasteiger partial charge in [-0.2, -0.15) is 0 Å². The molecule has 6 heteroatoms. The average molecular weight is 340 g/mol. The van der Waals surface area contributed by atoms with Gasteiger partial charge < -0.3 is 24.4 Å². The fourth-order valence-electron chi connectivity index (χ4n) is 5.56. The molecule has 0 amide bonds. The van der Waals surface area contributed by atoms with E-state index >= 15 is 0 Å². The number of carbonyl (C=O) groups is 1. The first-order valence-electron chi connectivity index (χ1n) is 8.67. The molecular formula is C18H28O6. The van der Waals surface area contributed by atoms with Crippen LogP contribution in [0.25, 0.3) is 0 Å². The summed E-state index contributed by atoms with van der Waals surface area (Å²) in [6.45, 7) is 8.48. The molecule has 4 atom stereocenters. The molecule has 24 heavy (non-hydrogen) atoms. The highest BCUT2D eigenvalue weighted by molar-refractivity contribution is 5.87. The number of ether oxygens (including phenoxy) is 3. The minimum Gasteiger partial charge on any atom is -0.455 e. The number of hydrogen-bond donors (Lipinski definition) is 2. The maximum atomic E-state index is 12.2. The Morgan fingerprint density at radius 1 is 1.00 bits per heavy atom. The second-order valence-electron chi connectivity index (χ2n) is 8.16. The first-order chi connectivity index (χ1) is 11.1. The van der Waals surface area contributed by atoms with Crippen molar-refractivity contribution in [3.05, 3.63) is 12.2 Å². The van der Waals surface area contributed by atoms with E-state index in [2.05, 4.69) is 6.58 Å². The van der Waals surface area contributed by atoms with Gasteiger partial charge in [-0.05, 0) is 46.0 Å². The van der Waals surface area contributed by atoms with Crippen molar-refractivity contribution < 1.29 is 29.2 Å². The van der Waals surface area contributed by atoms with Crippen LogP contribution in [0.4, 0.5) is 0 Å². The van der Waals surface area contributed by atoms with Crippen molar-refractivity contribution in [1.29, 1.82) is 0 Å². The Morgan fingerprint density at radius 3 is 1.83 bits per heavy atom. The van der Waals surface area contributed by atoms with Crippen LogP contribution in [-0.4, -0.2) is 45.6 Å². The van der Waals surface area contributed by atoms with Crippen LogP contribution in [-0.2, 0) is 19.0 Å². The van der Waals surface area contributed by atoms with Gasteiger partial charge in [0.05, 0.1) is 11.2 Å². The topological polar surface area (TPSA) is 85.2 Å². The monoisotopic (exact) mass is 340 g/mol. The van der Waals surface area contributed by atoms with Gasteiger partial charge in [-0.3, -0.25) is 0 Å². The summed E-state index contributed by atoms with van der Waals surface area (Å²) in [6, 6.07) is 0. The quantitative estimate of drug-likeness (QED) is 0.437. The zero-order valence-electron chi connectivity index (χ0n) is 14.7. The zero-order chi connectivity index (χ0) is 17.8. The summed E-state index contributed by atoms with van der Waals surface area (Å²) in [5.41, 5.74) is -1.49. The minimum absolute atomic E-state index is 0.275. The van der Waals surface area contributed by atoms with E-state index < -0.39 is 35.4 Å². The number of aliphatic hydroxyl groups is 2. The van der Waals surface area contributed by atoms with E-state index in [1.807, 2.05) is 0 Å². The van der Waals surface area contributed by atoms with Gasteiger partial charge in [0, 0.05) is 24.8 Å². The molecule has 0 radical (unpaired) electrons. The highest BCUT2D eigenvalue weighted by Gasteiger charge is 2.67. The second kappa shape index (κ2) is 5.80. The molecule has 0 aliphatic heterocycles. The third kappa shape index (κ3) is 3.25. The van der Waals surface area contributed by atoms with Crippen molar-refractivity contribution >= 4 is 5.97 Å². The van der Waals surface area contributed by atoms with E-state index in [4.69, 9.17) is 14.2 Å². The highest BCUT2D eigenvalue weighted by atomic mass is 16.6. The van der Waals surface area contributed by atoms with Crippen molar-refractivity contribution in [2.75, 3.05) is 0 Å². The summed E-state index contributed by atoms with van der Waals surface area (Å²) >= 11 is 0. The third-order valence-electron chi connectivity index (χ3n) is 5.41. The molecule has 2 N–H and O–H groups in total. The predicted molar refractivity (Wildman–Crippen MR) is 85.8 cm³/mol. The van der Waals surface area contributed by atoms with Gasteiger partial charge in [0.25, 0.3) is 0 Å². The van der Waals surface area contributed by atoms with Gasteiger partial charge >= 0.3 is 5.97 Å². The van der Waals surface area contributed by atoms with E-state index in [1.54, 1.807) is 20.8 Å². The first-order valence-corrected chi connectivity index (χ1v) is 8.67. The van der Waals surface area contributed by atoms with Crippen LogP contribution in [0.2, 0.25) is 0 Å². The number of hydrogen-bond acceptors (Lipinski definition) is 6. The lowest BCUT2D eigenvalue weighted by atomic mass is 9.50. The fourth-order valence-corrected chi connectivity index (χ4v) is 5.56. The maximum absolute atomic E-state index is 12.2. The lowest BCUT2D eigenvalue weighted by Crippen LogP contribution is -2.69. The van der Waals surface area contributed by atoms with Crippen molar-refractivity contribution in [1.82, 2.24) is 0 Å². The Labute approximate surface area is 142 Å². The molecule has 4 unspecified atom stereocenters. The largest absolute Gasteiger partial charge is 0.455 e. The van der Waals surface area contributed by atoms with E-state index in [1.165, 1.54) is 0 Å². The molecule has 4 aliphatic carbocycles. The minimum atomic E-state index is -0.904. The maximum Gasteiger partial charge on any atom is 0.333 e. The molecule has 0 aromatic heterocycles. The Morgan fingerprint density at radius 2 is 1.42 bits per heavy atom. The lowest BCUT2D eigenvalue weighted by molar-refractivity contribution is -0.326. The van der Waals surface area contributed by atoms with Gasteiger partial charge in [-0.15, -0.1) is 0 Å². The van der Waals surface area contributed by atoms with Crippen LogP contribution < -0.4 is 0 Å². The third-order valence-corrected chi connectivity index (χ3v) is 5.41. The summed E-state index contributed by atoms with van der Waals surface area (Å²) in [4.78, 5) is 12.2. The molecule has 4 saturated carbocycles. The summed E-state index contributed by atoms with van der Waals surface area (Å²) in [5.74, 6) is -0.131. The molecule has 4 bridgehead atoms. The molecule has 4 fully saturated rings. The molecule has 0 aromatic rings. The number of esters is 1. The van der Waals surface area contributed by atoms with Gasteiger partial charge in [0.2, 0.25) is 0 Å². The van der Waals surface area contributed by atoms with Gasteiger partial charge in [0.1, 0.15) is 5.60 Å². The zero-order valence-corrected chi connectivity index (χ0v) is 14.7. The van der Waals surface area contributed by atoms with Crippen molar-refractivity contribution in [2.45, 2.75) is 88.7 Å². The summed E-state index contributed by atoms with van der Waals surface area (Å²) in [5, 5.41) is 19.6. The molecule has 136 valence electrons. The molecular weight excluding hydrogens is 312 g/mol. The highest BCUT2D eigenvalue weighted by Crippen LogP contribution is 2.63. The SMILES string of the molecule is C=C(C)C(=O)OC12CC3CC(OC(C)O)(C1)CC(OC(C)O)(C3)C2. The Bertz CT molecular complexity index is 506. The molecule has 0 spiro atoms. The van der Waals surface area contributed by atoms with Gasteiger partial charge in [-0.1, -0.05) is 6.58 Å². The average Bonchev–Trinajstić information content (AvgIpc) is 2.32. The molecule has 4 aliphatic rings. The smallest absolute Gasteiger partial charge is 0.333 e. The molecule has 6 nitrogen and oxygen atoms in total. The summed E-state index contributed by atoms with van der Waals surface area (Å²) < 4.78 is 17.7. The van der Waals surface area contributed by atoms with Crippen LogP contribution in [0.15, 0.2) is 12.2 Å². The van der Waals surface area contributed by atoms with E-state index in [0.717, 1.165) is 19.3 Å². The van der Waals surface area contributed by atoms with Crippen LogP contribution in [0.5, 0.6) is 0 Å². The van der Waals surface area contributed by atoms with Crippen LogP contribution in [0, 0.1) is 5.92 Å². The Kier molecular flexibility index (Phi) is 4.31. The molecule has 0 heterocycles. The fraction of sp³-hybridized carbons (Fsp3) is 0.833. The first kappa shape index (κ1) is 17.9. The van der Waals surface area contributed by atoms with E-state index in [-0.39, 0.29) is 5.92 Å². The second-order valence-corrected chi connectivity index (χ2v) is 8.16. The lowest BCUT2D eigenvalue weighted by Gasteiger charge is -2.65. The Balaban J connectivity index is 1.93. The van der Waals surface area contributed by atoms with E-state index in [9.17, 15) is 15.0 Å². The van der Waals surface area contributed by atoms with Gasteiger partial charge in [0.15, 0.2) is 12.6 Å². The van der Waals surface area contributed by atoms with Crippen LogP contribution in [0.3, 0.4) is 0 Å². The molecule has 0 aromatic carbocycles. The number of carbonyl (C=O) groups excluding carboxylic acids is 1. The van der Waals surface area contributed by atoms with Crippen molar-refractivity contribution in [3.63, 3.8) is 0 Å². The van der Waals surface area contributed by atoms with Crippen LogP contribution in [0.1, 0.15) is 59.3 Å². The number of rotatable bonds is 6. The predicted octanol–water partition coefficient (Wildman–Crippen LogP) is 2.03. The van der Waals surface area contributed by atoms with Gasteiger partial charge in [-0.25, -0.2) is 4.79 Å².